The van der Waals surface area contributed by atoms with E-state index >= 15 is 0 Å². The Morgan fingerprint density at radius 3 is 2.93 bits per heavy atom. The number of pyridine rings is 1. The molecule has 1 aliphatic rings. The van der Waals surface area contributed by atoms with Crippen molar-refractivity contribution in [1.82, 2.24) is 25.2 Å². The van der Waals surface area contributed by atoms with Gasteiger partial charge >= 0.3 is 0 Å². The van der Waals surface area contributed by atoms with E-state index in [2.05, 4.69) is 41.5 Å². The van der Waals surface area contributed by atoms with Gasteiger partial charge < -0.3 is 10.1 Å². The molecule has 2 aromatic heterocycles. The Morgan fingerprint density at radius 2 is 2.18 bits per heavy atom. The minimum Gasteiger partial charge on any atom is -0.494 e. The maximum Gasteiger partial charge on any atom is 0.230 e. The Hall–Kier alpha value is -3.26. The molecule has 0 unspecified atom stereocenters. The van der Waals surface area contributed by atoms with E-state index in [-0.39, 0.29) is 0 Å². The summed E-state index contributed by atoms with van der Waals surface area (Å²) in [4.78, 5) is 20.0. The molecule has 0 saturated heterocycles. The molecule has 0 fully saturated rings. The number of ether oxygens (including phenoxy) is 1. The molecular weight excluding hydrogens is 354 g/mol. The average molecular weight is 377 g/mol. The number of anilines is 1. The molecule has 0 aliphatic carbocycles. The fraction of sp³-hybridized carbons (Fsp3) is 0.300. The second-order valence-electron chi connectivity index (χ2n) is 6.54. The number of aryl methyl sites for hydroxylation is 1. The van der Waals surface area contributed by atoms with Crippen molar-refractivity contribution in [2.75, 3.05) is 25.3 Å². The molecule has 0 spiro atoms. The maximum atomic E-state index is 5.56. The van der Waals surface area contributed by atoms with E-state index in [0.717, 1.165) is 34.5 Å². The van der Waals surface area contributed by atoms with E-state index in [4.69, 9.17) is 4.74 Å². The highest BCUT2D eigenvalue weighted by Crippen LogP contribution is 2.23. The number of hydrogen-bond donors (Lipinski definition) is 2. The van der Waals surface area contributed by atoms with E-state index in [0.29, 0.717) is 31.9 Å². The third kappa shape index (κ3) is 4.17. The summed E-state index contributed by atoms with van der Waals surface area (Å²) < 4.78 is 5.56. The van der Waals surface area contributed by atoms with E-state index in [1.165, 1.54) is 0 Å². The molecule has 0 amide bonds. The van der Waals surface area contributed by atoms with Gasteiger partial charge in [0.15, 0.2) is 0 Å². The van der Waals surface area contributed by atoms with Gasteiger partial charge in [0.1, 0.15) is 5.75 Å². The number of aromatic nitrogens is 3. The van der Waals surface area contributed by atoms with Crippen LogP contribution in [0.25, 0.3) is 10.9 Å². The first-order valence-electron chi connectivity index (χ1n) is 9.29. The van der Waals surface area contributed by atoms with Crippen LogP contribution in [0.15, 0.2) is 47.7 Å². The smallest absolute Gasteiger partial charge is 0.230 e. The second-order valence-corrected chi connectivity index (χ2v) is 6.54. The van der Waals surface area contributed by atoms with Crippen LogP contribution in [-0.4, -0.2) is 45.8 Å². The molecule has 8 nitrogen and oxygen atoms in total. The molecule has 3 aromatic rings. The average Bonchev–Trinajstić information content (AvgIpc) is 2.71. The Morgan fingerprint density at radius 1 is 1.25 bits per heavy atom. The summed E-state index contributed by atoms with van der Waals surface area (Å²) >= 11 is 0. The van der Waals surface area contributed by atoms with Crippen LogP contribution in [0.3, 0.4) is 0 Å². The standard InChI is InChI=1S/C20H23N7O/c1-3-28-16-6-7-18-17(9-16)14(2)24-20(25-18)26-19-22-12-27(13-23-19)11-15-5-4-8-21-10-15/h4-10H,3,11-13H2,1-2H3,(H2,22,23,24,25,26). The van der Waals surface area contributed by atoms with Crippen molar-refractivity contribution < 1.29 is 4.74 Å². The zero-order valence-electron chi connectivity index (χ0n) is 16.0. The van der Waals surface area contributed by atoms with Crippen molar-refractivity contribution in [1.29, 1.82) is 0 Å². The fourth-order valence-corrected chi connectivity index (χ4v) is 3.08. The first-order chi connectivity index (χ1) is 13.7. The highest BCUT2D eigenvalue weighted by atomic mass is 16.5. The highest BCUT2D eigenvalue weighted by Gasteiger charge is 2.14. The van der Waals surface area contributed by atoms with Crippen LogP contribution in [0, 0.1) is 6.92 Å². The number of nitrogens with one attached hydrogen (secondary N) is 2. The second kappa shape index (κ2) is 8.18. The zero-order valence-corrected chi connectivity index (χ0v) is 16.0. The number of rotatable bonds is 5. The van der Waals surface area contributed by atoms with Crippen LogP contribution in [-0.2, 0) is 6.54 Å². The van der Waals surface area contributed by atoms with Crippen LogP contribution in [0.2, 0.25) is 0 Å². The minimum absolute atomic E-state index is 0.529. The summed E-state index contributed by atoms with van der Waals surface area (Å²) in [6, 6.07) is 9.86. The van der Waals surface area contributed by atoms with E-state index in [1.54, 1.807) is 6.20 Å². The van der Waals surface area contributed by atoms with Crippen molar-refractivity contribution in [2.45, 2.75) is 20.4 Å². The normalized spacial score (nSPS) is 14.4. The van der Waals surface area contributed by atoms with Gasteiger partial charge in [0.2, 0.25) is 11.9 Å². The van der Waals surface area contributed by atoms with Crippen LogP contribution in [0.4, 0.5) is 5.95 Å². The molecule has 0 atom stereocenters. The molecule has 28 heavy (non-hydrogen) atoms. The third-order valence-electron chi connectivity index (χ3n) is 4.43. The van der Waals surface area contributed by atoms with Gasteiger partial charge in [0, 0.05) is 24.3 Å². The molecule has 0 saturated carbocycles. The van der Waals surface area contributed by atoms with Gasteiger partial charge in [-0.3, -0.25) is 15.2 Å². The Labute approximate surface area is 163 Å². The van der Waals surface area contributed by atoms with Gasteiger partial charge in [-0.15, -0.1) is 0 Å². The molecule has 0 bridgehead atoms. The minimum atomic E-state index is 0.529. The Balaban J connectivity index is 1.44. The lowest BCUT2D eigenvalue weighted by molar-refractivity contribution is 0.256. The van der Waals surface area contributed by atoms with Gasteiger partial charge in [0.25, 0.3) is 0 Å². The van der Waals surface area contributed by atoms with Crippen molar-refractivity contribution in [3.8, 4) is 5.75 Å². The molecule has 0 radical (unpaired) electrons. The zero-order chi connectivity index (χ0) is 19.3. The first-order valence-corrected chi connectivity index (χ1v) is 9.29. The Kier molecular flexibility index (Phi) is 5.29. The molecule has 2 N–H and O–H groups in total. The summed E-state index contributed by atoms with van der Waals surface area (Å²) in [5.74, 6) is 2.03. The number of guanidine groups is 1. The summed E-state index contributed by atoms with van der Waals surface area (Å²) in [7, 11) is 0. The predicted molar refractivity (Wildman–Crippen MR) is 109 cm³/mol. The lowest BCUT2D eigenvalue weighted by atomic mass is 10.2. The molecule has 144 valence electrons. The predicted octanol–water partition coefficient (Wildman–Crippen LogP) is 2.52. The van der Waals surface area contributed by atoms with Gasteiger partial charge in [0.05, 0.1) is 31.2 Å². The SMILES string of the molecule is CCOc1ccc2nc(NC3=NCN(Cc4cccnc4)CN3)nc(C)c2c1. The van der Waals surface area contributed by atoms with Crippen LogP contribution in [0.5, 0.6) is 5.75 Å². The van der Waals surface area contributed by atoms with Gasteiger partial charge in [-0.1, -0.05) is 6.07 Å². The number of aliphatic imine (C=N–C) groups is 1. The van der Waals surface area contributed by atoms with E-state index in [1.807, 2.05) is 44.3 Å². The number of hydrogen-bond acceptors (Lipinski definition) is 8. The van der Waals surface area contributed by atoms with Crippen LogP contribution >= 0.6 is 0 Å². The molecule has 1 aliphatic heterocycles. The molecule has 3 heterocycles. The number of nitrogens with zero attached hydrogens (tertiary/aromatic N) is 5. The Bertz CT molecular complexity index is 991. The lowest BCUT2D eigenvalue weighted by Gasteiger charge is -2.26. The van der Waals surface area contributed by atoms with Crippen molar-refractivity contribution in [2.24, 2.45) is 4.99 Å². The fourth-order valence-electron chi connectivity index (χ4n) is 3.08. The monoisotopic (exact) mass is 377 g/mol. The van der Waals surface area contributed by atoms with Crippen molar-refractivity contribution >= 4 is 22.8 Å². The van der Waals surface area contributed by atoms with Gasteiger partial charge in [-0.2, -0.15) is 0 Å². The maximum absolute atomic E-state index is 5.56. The van der Waals surface area contributed by atoms with Gasteiger partial charge in [-0.25, -0.2) is 15.0 Å². The lowest BCUT2D eigenvalue weighted by Crippen LogP contribution is -2.45. The summed E-state index contributed by atoms with van der Waals surface area (Å²) in [5.41, 5.74) is 2.92. The summed E-state index contributed by atoms with van der Waals surface area (Å²) in [5, 5.41) is 7.44. The number of benzene rings is 1. The molecule has 1 aromatic carbocycles. The first kappa shape index (κ1) is 18.1. The topological polar surface area (TPSA) is 87.6 Å². The molecule has 8 heteroatoms. The quantitative estimate of drug-likeness (QED) is 0.706. The highest BCUT2D eigenvalue weighted by molar-refractivity contribution is 5.93. The van der Waals surface area contributed by atoms with Gasteiger partial charge in [-0.05, 0) is 43.7 Å². The van der Waals surface area contributed by atoms with Crippen LogP contribution < -0.4 is 15.4 Å². The molecule has 4 rings (SSSR count). The van der Waals surface area contributed by atoms with E-state index in [9.17, 15) is 0 Å². The van der Waals surface area contributed by atoms with E-state index < -0.39 is 0 Å². The summed E-state index contributed by atoms with van der Waals surface area (Å²) in [6.45, 7) is 6.65. The van der Waals surface area contributed by atoms with Crippen LogP contribution in [0.1, 0.15) is 18.2 Å². The summed E-state index contributed by atoms with van der Waals surface area (Å²) in [6.07, 6.45) is 3.65. The van der Waals surface area contributed by atoms with Crippen molar-refractivity contribution in [3.63, 3.8) is 0 Å². The largest absolute Gasteiger partial charge is 0.494 e. The van der Waals surface area contributed by atoms with Crippen molar-refractivity contribution in [3.05, 3.63) is 54.0 Å². The number of fused-ring (bicyclic) bond motifs is 1. The third-order valence-corrected chi connectivity index (χ3v) is 4.43. The molecular formula is C20H23N7O.